The molecule has 0 atom stereocenters. The van der Waals surface area contributed by atoms with Crippen molar-refractivity contribution in [2.24, 2.45) is 0 Å². The third-order valence-corrected chi connectivity index (χ3v) is 3.86. The van der Waals surface area contributed by atoms with Gasteiger partial charge in [0.15, 0.2) is 5.13 Å². The van der Waals surface area contributed by atoms with E-state index in [9.17, 15) is 13.6 Å². The monoisotopic (exact) mass is 341 g/mol. The van der Waals surface area contributed by atoms with E-state index in [4.69, 9.17) is 4.74 Å². The average molecular weight is 341 g/mol. The number of benzene rings is 1. The molecular weight excluding hydrogens is 324 g/mol. The fourth-order valence-corrected chi connectivity index (χ4v) is 2.69. The largest absolute Gasteiger partial charge is 0.383 e. The molecule has 0 saturated carbocycles. The van der Waals surface area contributed by atoms with Crippen molar-refractivity contribution in [3.8, 4) is 0 Å². The number of rotatable bonds is 8. The van der Waals surface area contributed by atoms with Gasteiger partial charge in [0.05, 0.1) is 13.2 Å². The highest BCUT2D eigenvalue weighted by Gasteiger charge is 2.09. The number of methoxy groups -OCH3 is 1. The normalized spacial score (nSPS) is 10.7. The van der Waals surface area contributed by atoms with Crippen LogP contribution in [0, 0.1) is 11.6 Å². The van der Waals surface area contributed by atoms with Crippen molar-refractivity contribution in [3.63, 3.8) is 0 Å². The number of aromatic nitrogens is 1. The van der Waals surface area contributed by atoms with Gasteiger partial charge in [-0.05, 0) is 11.6 Å². The van der Waals surface area contributed by atoms with Crippen molar-refractivity contribution in [1.82, 2.24) is 10.3 Å². The number of halogens is 2. The molecule has 5 nitrogen and oxygen atoms in total. The zero-order valence-electron chi connectivity index (χ0n) is 12.6. The van der Waals surface area contributed by atoms with Gasteiger partial charge in [-0.3, -0.25) is 4.79 Å². The second-order valence-electron chi connectivity index (χ2n) is 4.76. The van der Waals surface area contributed by atoms with E-state index in [0.29, 0.717) is 30.3 Å². The summed E-state index contributed by atoms with van der Waals surface area (Å²) < 4.78 is 31.3. The molecule has 124 valence electrons. The number of amides is 1. The van der Waals surface area contributed by atoms with Crippen LogP contribution in [0.15, 0.2) is 24.4 Å². The van der Waals surface area contributed by atoms with Crippen LogP contribution in [0.25, 0.3) is 0 Å². The van der Waals surface area contributed by atoms with Gasteiger partial charge >= 0.3 is 0 Å². The summed E-state index contributed by atoms with van der Waals surface area (Å²) >= 11 is 1.26. The molecule has 0 unspecified atom stereocenters. The lowest BCUT2D eigenvalue weighted by molar-refractivity contribution is -0.115. The van der Waals surface area contributed by atoms with Crippen LogP contribution in [-0.4, -0.2) is 37.7 Å². The molecule has 0 fully saturated rings. The summed E-state index contributed by atoms with van der Waals surface area (Å²) in [6.07, 6.45) is 1.87. The Balaban J connectivity index is 1.86. The molecule has 0 saturated heterocycles. The standard InChI is InChI=1S/C15H17F2N3O2S/c1-22-5-4-18-9-14(21)20-15-19-8-12(23-15)6-10-2-3-11(16)7-13(10)17/h2-3,7-8,18H,4-6,9H2,1H3,(H,19,20,21). The van der Waals surface area contributed by atoms with Gasteiger partial charge in [0.2, 0.25) is 5.91 Å². The summed E-state index contributed by atoms with van der Waals surface area (Å²) in [5, 5.41) is 6.03. The van der Waals surface area contributed by atoms with Crippen LogP contribution in [0.5, 0.6) is 0 Å². The number of hydrogen-bond donors (Lipinski definition) is 2. The molecule has 0 radical (unpaired) electrons. The molecule has 1 aromatic heterocycles. The number of hydrogen-bond acceptors (Lipinski definition) is 5. The lowest BCUT2D eigenvalue weighted by Crippen LogP contribution is -2.30. The van der Waals surface area contributed by atoms with E-state index in [2.05, 4.69) is 15.6 Å². The predicted octanol–water partition coefficient (Wildman–Crippen LogP) is 2.19. The van der Waals surface area contributed by atoms with E-state index in [-0.39, 0.29) is 12.5 Å². The van der Waals surface area contributed by atoms with Crippen LogP contribution >= 0.6 is 11.3 Å². The summed E-state index contributed by atoms with van der Waals surface area (Å²) in [7, 11) is 1.59. The van der Waals surface area contributed by atoms with E-state index in [0.717, 1.165) is 10.9 Å². The van der Waals surface area contributed by atoms with E-state index < -0.39 is 11.6 Å². The van der Waals surface area contributed by atoms with E-state index in [1.807, 2.05) is 0 Å². The number of nitrogens with zero attached hydrogens (tertiary/aromatic N) is 1. The molecule has 0 aliphatic rings. The van der Waals surface area contributed by atoms with Gasteiger partial charge in [-0.25, -0.2) is 13.8 Å². The van der Waals surface area contributed by atoms with Crippen LogP contribution in [-0.2, 0) is 16.0 Å². The molecule has 8 heteroatoms. The van der Waals surface area contributed by atoms with Gasteiger partial charge < -0.3 is 15.4 Å². The number of carbonyl (C=O) groups is 1. The maximum absolute atomic E-state index is 13.6. The van der Waals surface area contributed by atoms with Gasteiger partial charge in [-0.15, -0.1) is 11.3 Å². The summed E-state index contributed by atoms with van der Waals surface area (Å²) in [5.41, 5.74) is 0.383. The number of carbonyl (C=O) groups excluding carboxylic acids is 1. The zero-order valence-corrected chi connectivity index (χ0v) is 13.4. The summed E-state index contributed by atoms with van der Waals surface area (Å²) in [6.45, 7) is 1.26. The van der Waals surface area contributed by atoms with E-state index in [1.165, 1.54) is 23.5 Å². The fourth-order valence-electron chi connectivity index (χ4n) is 1.84. The van der Waals surface area contributed by atoms with E-state index in [1.54, 1.807) is 13.3 Å². The Morgan fingerprint density at radius 1 is 1.39 bits per heavy atom. The number of thiazole rings is 1. The molecule has 0 bridgehead atoms. The third-order valence-electron chi connectivity index (χ3n) is 2.95. The first-order valence-corrected chi connectivity index (χ1v) is 7.78. The van der Waals surface area contributed by atoms with Crippen LogP contribution < -0.4 is 10.6 Å². The summed E-state index contributed by atoms with van der Waals surface area (Å²) in [6, 6.07) is 3.47. The third kappa shape index (κ3) is 5.66. The molecule has 0 aliphatic carbocycles. The van der Waals surface area contributed by atoms with Crippen LogP contribution in [0.2, 0.25) is 0 Å². The van der Waals surface area contributed by atoms with E-state index >= 15 is 0 Å². The quantitative estimate of drug-likeness (QED) is 0.723. The van der Waals surface area contributed by atoms with Crippen molar-refractivity contribution in [1.29, 1.82) is 0 Å². The molecule has 23 heavy (non-hydrogen) atoms. The molecule has 1 aromatic carbocycles. The smallest absolute Gasteiger partial charge is 0.240 e. The molecular formula is C15H17F2N3O2S. The lowest BCUT2D eigenvalue weighted by atomic mass is 10.1. The van der Waals surface area contributed by atoms with Crippen LogP contribution in [0.1, 0.15) is 10.4 Å². The Morgan fingerprint density at radius 2 is 2.22 bits per heavy atom. The molecule has 2 N–H and O–H groups in total. The number of anilines is 1. The molecule has 0 aliphatic heterocycles. The highest BCUT2D eigenvalue weighted by Crippen LogP contribution is 2.22. The lowest BCUT2D eigenvalue weighted by Gasteiger charge is -2.03. The van der Waals surface area contributed by atoms with Gasteiger partial charge in [-0.1, -0.05) is 6.07 Å². The minimum Gasteiger partial charge on any atom is -0.383 e. The average Bonchev–Trinajstić information content (AvgIpc) is 2.94. The van der Waals surface area contributed by atoms with Crippen molar-refractivity contribution in [2.45, 2.75) is 6.42 Å². The summed E-state index contributed by atoms with van der Waals surface area (Å²) in [4.78, 5) is 16.5. The van der Waals surface area contributed by atoms with Crippen molar-refractivity contribution >= 4 is 22.4 Å². The Hall–Kier alpha value is -1.90. The Kier molecular flexibility index (Phi) is 6.57. The van der Waals surface area contributed by atoms with Crippen LogP contribution in [0.3, 0.4) is 0 Å². The van der Waals surface area contributed by atoms with Gasteiger partial charge in [0.1, 0.15) is 11.6 Å². The zero-order chi connectivity index (χ0) is 16.7. The Labute approximate surface area is 136 Å². The van der Waals surface area contributed by atoms with Crippen LogP contribution in [0.4, 0.5) is 13.9 Å². The Morgan fingerprint density at radius 3 is 2.96 bits per heavy atom. The van der Waals surface area contributed by atoms with Crippen molar-refractivity contribution in [3.05, 3.63) is 46.5 Å². The van der Waals surface area contributed by atoms with Gasteiger partial charge in [0.25, 0.3) is 0 Å². The second kappa shape index (κ2) is 8.66. The highest BCUT2D eigenvalue weighted by atomic mass is 32.1. The second-order valence-corrected chi connectivity index (χ2v) is 5.88. The maximum atomic E-state index is 13.6. The fraction of sp³-hybridized carbons (Fsp3) is 0.333. The summed E-state index contributed by atoms with van der Waals surface area (Å²) in [5.74, 6) is -1.41. The highest BCUT2D eigenvalue weighted by molar-refractivity contribution is 7.15. The predicted molar refractivity (Wildman–Crippen MR) is 84.7 cm³/mol. The maximum Gasteiger partial charge on any atom is 0.240 e. The van der Waals surface area contributed by atoms with Gasteiger partial charge in [0, 0.05) is 37.2 Å². The number of ether oxygens (including phenoxy) is 1. The SMILES string of the molecule is COCCNCC(=O)Nc1ncc(Cc2ccc(F)cc2F)s1. The van der Waals surface area contributed by atoms with Crippen molar-refractivity contribution in [2.75, 3.05) is 32.1 Å². The van der Waals surface area contributed by atoms with Crippen molar-refractivity contribution < 1.29 is 18.3 Å². The Bertz CT molecular complexity index is 664. The molecule has 2 aromatic rings. The first-order valence-electron chi connectivity index (χ1n) is 6.96. The first kappa shape index (κ1) is 17.5. The minimum atomic E-state index is -0.607. The molecule has 1 amide bonds. The topological polar surface area (TPSA) is 63.2 Å². The van der Waals surface area contributed by atoms with Gasteiger partial charge in [-0.2, -0.15) is 0 Å². The molecule has 2 rings (SSSR count). The molecule has 0 spiro atoms. The first-order chi connectivity index (χ1) is 11.1. The molecule has 1 heterocycles. The number of nitrogens with one attached hydrogen (secondary N) is 2. The minimum absolute atomic E-state index is 0.158.